The normalized spacial score (nSPS) is 12.7. The van der Waals surface area contributed by atoms with E-state index >= 15 is 0 Å². The Kier molecular flexibility index (Phi) is 3.49. The molecule has 0 saturated heterocycles. The largest absolute Gasteiger partial charge is 0.333 e. The molecule has 0 amide bonds. The van der Waals surface area contributed by atoms with Gasteiger partial charge in [0.1, 0.15) is 0 Å². The number of hydrogen-bond acceptors (Lipinski definition) is 3. The monoisotopic (exact) mass is 229 g/mol. The SMILES string of the molecule is CC(C)(COS(N)(=O)=O)c1ccccc1. The smallest absolute Gasteiger partial charge is 0.257 e. The maximum absolute atomic E-state index is 10.7. The van der Waals surface area contributed by atoms with Crippen LogP contribution in [-0.4, -0.2) is 15.0 Å². The van der Waals surface area contributed by atoms with Gasteiger partial charge in [0, 0.05) is 5.41 Å². The lowest BCUT2D eigenvalue weighted by Gasteiger charge is -2.23. The van der Waals surface area contributed by atoms with E-state index in [0.717, 1.165) is 5.56 Å². The third-order valence-corrected chi connectivity index (χ3v) is 2.59. The van der Waals surface area contributed by atoms with Crippen molar-refractivity contribution in [2.45, 2.75) is 19.3 Å². The fraction of sp³-hybridized carbons (Fsp3) is 0.400. The van der Waals surface area contributed by atoms with Gasteiger partial charge < -0.3 is 0 Å². The topological polar surface area (TPSA) is 69.4 Å². The first-order valence-electron chi connectivity index (χ1n) is 4.54. The van der Waals surface area contributed by atoms with Crippen molar-refractivity contribution >= 4 is 10.3 Å². The van der Waals surface area contributed by atoms with Crippen LogP contribution in [0.15, 0.2) is 30.3 Å². The Morgan fingerprint density at radius 2 is 1.80 bits per heavy atom. The van der Waals surface area contributed by atoms with Gasteiger partial charge in [0.05, 0.1) is 6.61 Å². The highest BCUT2D eigenvalue weighted by Crippen LogP contribution is 2.23. The summed E-state index contributed by atoms with van der Waals surface area (Å²) in [7, 11) is -3.87. The fourth-order valence-corrected chi connectivity index (χ4v) is 1.66. The molecule has 5 heteroatoms. The van der Waals surface area contributed by atoms with E-state index in [1.165, 1.54) is 0 Å². The summed E-state index contributed by atoms with van der Waals surface area (Å²) in [5, 5.41) is 4.77. The Morgan fingerprint density at radius 1 is 1.27 bits per heavy atom. The Hall–Kier alpha value is -0.910. The van der Waals surface area contributed by atoms with Crippen molar-refractivity contribution in [2.24, 2.45) is 5.14 Å². The quantitative estimate of drug-likeness (QED) is 0.843. The lowest BCUT2D eigenvalue weighted by molar-refractivity contribution is 0.246. The summed E-state index contributed by atoms with van der Waals surface area (Å²) in [4.78, 5) is 0. The van der Waals surface area contributed by atoms with E-state index in [1.54, 1.807) is 0 Å². The van der Waals surface area contributed by atoms with Crippen LogP contribution in [0.25, 0.3) is 0 Å². The lowest BCUT2D eigenvalue weighted by Crippen LogP contribution is -2.28. The molecule has 0 radical (unpaired) electrons. The molecule has 15 heavy (non-hydrogen) atoms. The Balaban J connectivity index is 2.76. The molecule has 0 heterocycles. The van der Waals surface area contributed by atoms with Crippen LogP contribution in [0.2, 0.25) is 0 Å². The summed E-state index contributed by atoms with van der Waals surface area (Å²) in [5.41, 5.74) is 0.627. The van der Waals surface area contributed by atoms with Gasteiger partial charge in [-0.2, -0.15) is 8.42 Å². The molecule has 1 aromatic carbocycles. The Labute approximate surface area is 90.3 Å². The predicted molar refractivity (Wildman–Crippen MR) is 58.5 cm³/mol. The average Bonchev–Trinajstić information content (AvgIpc) is 2.16. The van der Waals surface area contributed by atoms with Crippen LogP contribution in [-0.2, 0) is 19.9 Å². The molecule has 0 aliphatic heterocycles. The van der Waals surface area contributed by atoms with Gasteiger partial charge in [-0.15, -0.1) is 0 Å². The highest BCUT2D eigenvalue weighted by molar-refractivity contribution is 7.84. The number of nitrogens with two attached hydrogens (primary N) is 1. The van der Waals surface area contributed by atoms with Crippen molar-refractivity contribution in [2.75, 3.05) is 6.61 Å². The second-order valence-electron chi connectivity index (χ2n) is 4.00. The molecule has 0 aliphatic carbocycles. The van der Waals surface area contributed by atoms with E-state index < -0.39 is 10.3 Å². The Morgan fingerprint density at radius 3 is 2.27 bits per heavy atom. The zero-order chi connectivity index (χ0) is 11.5. The van der Waals surface area contributed by atoms with Crippen LogP contribution in [0.5, 0.6) is 0 Å². The van der Waals surface area contributed by atoms with Gasteiger partial charge in [-0.25, -0.2) is 5.14 Å². The van der Waals surface area contributed by atoms with Crippen molar-refractivity contribution < 1.29 is 12.6 Å². The number of benzene rings is 1. The van der Waals surface area contributed by atoms with E-state index in [-0.39, 0.29) is 12.0 Å². The van der Waals surface area contributed by atoms with E-state index in [9.17, 15) is 8.42 Å². The predicted octanol–water partition coefficient (Wildman–Crippen LogP) is 1.18. The van der Waals surface area contributed by atoms with Gasteiger partial charge >= 0.3 is 10.3 Å². The number of hydrogen-bond donors (Lipinski definition) is 1. The standard InChI is InChI=1S/C10H15NO3S/c1-10(2,8-14-15(11,12)13)9-6-4-3-5-7-9/h3-7H,8H2,1-2H3,(H2,11,12,13). The second kappa shape index (κ2) is 4.30. The first-order chi connectivity index (χ1) is 6.81. The summed E-state index contributed by atoms with van der Waals surface area (Å²) < 4.78 is 25.9. The lowest BCUT2D eigenvalue weighted by atomic mass is 9.86. The van der Waals surface area contributed by atoms with E-state index in [0.29, 0.717) is 0 Å². The van der Waals surface area contributed by atoms with Crippen molar-refractivity contribution in [1.29, 1.82) is 0 Å². The van der Waals surface area contributed by atoms with Gasteiger partial charge in [0.25, 0.3) is 0 Å². The molecule has 1 aromatic rings. The minimum Gasteiger partial charge on any atom is -0.257 e. The summed E-state index contributed by atoms with van der Waals surface area (Å²) in [6.45, 7) is 3.83. The maximum Gasteiger partial charge on any atom is 0.333 e. The molecule has 0 aromatic heterocycles. The Bertz CT molecular complexity index is 412. The van der Waals surface area contributed by atoms with Gasteiger partial charge in [-0.3, -0.25) is 4.18 Å². The van der Waals surface area contributed by atoms with Crippen molar-refractivity contribution in [1.82, 2.24) is 0 Å². The summed E-state index contributed by atoms with van der Waals surface area (Å²) >= 11 is 0. The molecule has 0 unspecified atom stereocenters. The molecule has 2 N–H and O–H groups in total. The maximum atomic E-state index is 10.7. The van der Waals surface area contributed by atoms with Crippen LogP contribution >= 0.6 is 0 Å². The summed E-state index contributed by atoms with van der Waals surface area (Å²) in [6, 6.07) is 9.54. The summed E-state index contributed by atoms with van der Waals surface area (Å²) in [6.07, 6.45) is 0. The molecule has 0 bridgehead atoms. The minimum absolute atomic E-state index is 0.0375. The zero-order valence-corrected chi connectivity index (χ0v) is 9.62. The van der Waals surface area contributed by atoms with Crippen LogP contribution in [0, 0.1) is 0 Å². The van der Waals surface area contributed by atoms with Crippen LogP contribution in [0.1, 0.15) is 19.4 Å². The third-order valence-electron chi connectivity index (χ3n) is 2.14. The molecular formula is C10H15NO3S. The van der Waals surface area contributed by atoms with Crippen LogP contribution < -0.4 is 5.14 Å². The molecule has 0 aliphatic rings. The van der Waals surface area contributed by atoms with Gasteiger partial charge in [-0.1, -0.05) is 44.2 Å². The fourth-order valence-electron chi connectivity index (χ4n) is 1.20. The van der Waals surface area contributed by atoms with Crippen molar-refractivity contribution in [3.8, 4) is 0 Å². The zero-order valence-electron chi connectivity index (χ0n) is 8.80. The average molecular weight is 229 g/mol. The molecule has 0 spiro atoms. The van der Waals surface area contributed by atoms with Crippen LogP contribution in [0.4, 0.5) is 0 Å². The molecule has 0 fully saturated rings. The number of rotatable bonds is 4. The van der Waals surface area contributed by atoms with E-state index in [2.05, 4.69) is 4.18 Å². The second-order valence-corrected chi connectivity index (χ2v) is 5.23. The van der Waals surface area contributed by atoms with E-state index in [4.69, 9.17) is 5.14 Å². The molecule has 0 atom stereocenters. The third kappa shape index (κ3) is 3.99. The van der Waals surface area contributed by atoms with Crippen molar-refractivity contribution in [3.63, 3.8) is 0 Å². The molecule has 4 nitrogen and oxygen atoms in total. The van der Waals surface area contributed by atoms with Gasteiger partial charge in [0.2, 0.25) is 0 Å². The molecule has 1 rings (SSSR count). The van der Waals surface area contributed by atoms with Gasteiger partial charge in [-0.05, 0) is 5.56 Å². The van der Waals surface area contributed by atoms with Gasteiger partial charge in [0.15, 0.2) is 0 Å². The molecule has 84 valence electrons. The highest BCUT2D eigenvalue weighted by Gasteiger charge is 2.22. The minimum atomic E-state index is -3.87. The van der Waals surface area contributed by atoms with Crippen molar-refractivity contribution in [3.05, 3.63) is 35.9 Å². The van der Waals surface area contributed by atoms with Crippen LogP contribution in [0.3, 0.4) is 0 Å². The first-order valence-corrected chi connectivity index (χ1v) is 6.01. The molecular weight excluding hydrogens is 214 g/mol. The highest BCUT2D eigenvalue weighted by atomic mass is 32.2. The molecule has 0 saturated carbocycles. The first kappa shape index (κ1) is 12.2. The van der Waals surface area contributed by atoms with E-state index in [1.807, 2.05) is 44.2 Å². The summed E-state index contributed by atoms with van der Waals surface area (Å²) in [5.74, 6) is 0.